The molecule has 0 heterocycles. The van der Waals surface area contributed by atoms with Gasteiger partial charge in [0.05, 0.1) is 0 Å². The molecule has 0 saturated heterocycles. The summed E-state index contributed by atoms with van der Waals surface area (Å²) in [6.07, 6.45) is -0.646. The van der Waals surface area contributed by atoms with Crippen molar-refractivity contribution in [2.24, 2.45) is 0 Å². The number of ether oxygens (including phenoxy) is 1. The first-order valence-corrected chi connectivity index (χ1v) is 8.29. The lowest BCUT2D eigenvalue weighted by molar-refractivity contribution is -0.139. The van der Waals surface area contributed by atoms with Gasteiger partial charge in [0.2, 0.25) is 5.78 Å². The van der Waals surface area contributed by atoms with Crippen LogP contribution in [0.1, 0.15) is 39.7 Å². The number of hydrogen-bond donors (Lipinski definition) is 3. The second-order valence-corrected chi connectivity index (χ2v) is 6.61. The highest BCUT2D eigenvalue weighted by molar-refractivity contribution is 6.36. The van der Waals surface area contributed by atoms with Crippen LogP contribution in [0.2, 0.25) is 0 Å². The minimum absolute atomic E-state index is 0.0294. The summed E-state index contributed by atoms with van der Waals surface area (Å²) in [5, 5.41) is 2.40. The van der Waals surface area contributed by atoms with Gasteiger partial charge in [-0.2, -0.15) is 0 Å². The zero-order chi connectivity index (χ0) is 19.7. The summed E-state index contributed by atoms with van der Waals surface area (Å²) in [5.41, 5.74) is 4.39. The number of Topliss-reactive ketones (excluding diaryl/α,β-unsaturated/α-hetero) is 1. The third kappa shape index (κ3) is 7.78. The molecular weight excluding hydrogens is 338 g/mol. The van der Waals surface area contributed by atoms with Gasteiger partial charge >= 0.3 is 6.09 Å². The van der Waals surface area contributed by atoms with Gasteiger partial charge in [0.25, 0.3) is 11.8 Å². The zero-order valence-corrected chi connectivity index (χ0v) is 15.4. The molecule has 0 aliphatic carbocycles. The molecule has 0 saturated carbocycles. The van der Waals surface area contributed by atoms with Gasteiger partial charge in [-0.3, -0.25) is 19.8 Å². The molecule has 0 unspecified atom stereocenters. The fourth-order valence-corrected chi connectivity index (χ4v) is 1.96. The Labute approximate surface area is 152 Å². The Kier molecular flexibility index (Phi) is 7.77. The number of nitrogens with one attached hydrogen (secondary N) is 3. The quantitative estimate of drug-likeness (QED) is 0.520. The van der Waals surface area contributed by atoms with Gasteiger partial charge in [0.15, 0.2) is 0 Å². The molecule has 26 heavy (non-hydrogen) atoms. The van der Waals surface area contributed by atoms with Gasteiger partial charge in [-0.05, 0) is 26.3 Å². The Morgan fingerprint density at radius 3 is 2.19 bits per heavy atom. The lowest BCUT2D eigenvalue weighted by atomic mass is 10.1. The van der Waals surface area contributed by atoms with E-state index in [1.54, 1.807) is 52.0 Å². The van der Waals surface area contributed by atoms with Gasteiger partial charge < -0.3 is 10.1 Å². The number of hydrogen-bond acceptors (Lipinski definition) is 5. The van der Waals surface area contributed by atoms with Crippen LogP contribution in [0.15, 0.2) is 30.3 Å². The summed E-state index contributed by atoms with van der Waals surface area (Å²) in [5.74, 6) is -2.14. The maximum atomic E-state index is 12.4. The van der Waals surface area contributed by atoms with Crippen molar-refractivity contribution in [1.29, 1.82) is 0 Å². The van der Waals surface area contributed by atoms with Crippen LogP contribution >= 0.6 is 0 Å². The predicted octanol–water partition coefficient (Wildman–Crippen LogP) is 1.25. The normalized spacial score (nSPS) is 11.8. The summed E-state index contributed by atoms with van der Waals surface area (Å²) < 4.78 is 5.02. The predicted molar refractivity (Wildman–Crippen MR) is 94.9 cm³/mol. The van der Waals surface area contributed by atoms with Crippen molar-refractivity contribution in [2.75, 3.05) is 0 Å². The molecular formula is C18H25N3O5. The van der Waals surface area contributed by atoms with Gasteiger partial charge in [-0.15, -0.1) is 0 Å². The highest BCUT2D eigenvalue weighted by Crippen LogP contribution is 2.06. The summed E-state index contributed by atoms with van der Waals surface area (Å²) >= 11 is 0. The van der Waals surface area contributed by atoms with Gasteiger partial charge in [-0.1, -0.05) is 37.3 Å². The maximum absolute atomic E-state index is 12.4. The minimum atomic E-state index is -1.03. The number of hydrazine groups is 1. The molecule has 3 amide bonds. The minimum Gasteiger partial charge on any atom is -0.443 e. The summed E-state index contributed by atoms with van der Waals surface area (Å²) in [6, 6.07) is 7.95. The second-order valence-electron chi connectivity index (χ2n) is 6.61. The topological polar surface area (TPSA) is 114 Å². The SMILES string of the molecule is CCC(=O)C(=O)N[C@@H](Cc1ccccc1)C(=O)NNC(=O)OC(C)(C)C. The molecule has 8 nitrogen and oxygen atoms in total. The van der Waals surface area contributed by atoms with Crippen LogP contribution in [-0.4, -0.2) is 35.3 Å². The van der Waals surface area contributed by atoms with Crippen molar-refractivity contribution in [3.8, 4) is 0 Å². The number of carbonyl (C=O) groups is 4. The van der Waals surface area contributed by atoms with Crippen molar-refractivity contribution in [3.05, 3.63) is 35.9 Å². The van der Waals surface area contributed by atoms with E-state index in [-0.39, 0.29) is 12.8 Å². The van der Waals surface area contributed by atoms with E-state index >= 15 is 0 Å². The van der Waals surface area contributed by atoms with Crippen LogP contribution in [-0.2, 0) is 25.5 Å². The molecule has 1 aromatic rings. The molecule has 142 valence electrons. The molecule has 0 aromatic heterocycles. The van der Waals surface area contributed by atoms with Gasteiger partial charge in [0.1, 0.15) is 11.6 Å². The van der Waals surface area contributed by atoms with E-state index in [1.165, 1.54) is 0 Å². The number of amides is 3. The molecule has 0 spiro atoms. The highest BCUT2D eigenvalue weighted by atomic mass is 16.6. The van der Waals surface area contributed by atoms with Crippen molar-refractivity contribution < 1.29 is 23.9 Å². The van der Waals surface area contributed by atoms with Crippen molar-refractivity contribution in [3.63, 3.8) is 0 Å². The van der Waals surface area contributed by atoms with Crippen LogP contribution in [0, 0.1) is 0 Å². The highest BCUT2D eigenvalue weighted by Gasteiger charge is 2.25. The molecule has 0 aliphatic heterocycles. The van der Waals surface area contributed by atoms with E-state index in [0.717, 1.165) is 5.56 Å². The first-order chi connectivity index (χ1) is 12.1. The Hall–Kier alpha value is -2.90. The van der Waals surface area contributed by atoms with Crippen molar-refractivity contribution in [2.45, 2.75) is 52.2 Å². The monoisotopic (exact) mass is 363 g/mol. The summed E-state index contributed by atoms with van der Waals surface area (Å²) in [7, 11) is 0. The molecule has 1 atom stereocenters. The zero-order valence-electron chi connectivity index (χ0n) is 15.4. The molecule has 1 rings (SSSR count). The summed E-state index contributed by atoms with van der Waals surface area (Å²) in [6.45, 7) is 6.60. The van der Waals surface area contributed by atoms with Gasteiger partial charge in [0, 0.05) is 12.8 Å². The number of benzene rings is 1. The van der Waals surface area contributed by atoms with E-state index in [0.29, 0.717) is 0 Å². The van der Waals surface area contributed by atoms with Crippen LogP contribution in [0.4, 0.5) is 4.79 Å². The average molecular weight is 363 g/mol. The number of carbonyl (C=O) groups excluding carboxylic acids is 4. The van der Waals surface area contributed by atoms with Crippen LogP contribution in [0.3, 0.4) is 0 Å². The van der Waals surface area contributed by atoms with E-state index in [4.69, 9.17) is 4.74 Å². The molecule has 0 aliphatic rings. The Balaban J connectivity index is 2.76. The fourth-order valence-electron chi connectivity index (χ4n) is 1.96. The first-order valence-electron chi connectivity index (χ1n) is 8.29. The Bertz CT molecular complexity index is 653. The fraction of sp³-hybridized carbons (Fsp3) is 0.444. The Morgan fingerprint density at radius 2 is 1.65 bits per heavy atom. The third-order valence-electron chi connectivity index (χ3n) is 3.17. The first kappa shape index (κ1) is 21.1. The Morgan fingerprint density at radius 1 is 1.04 bits per heavy atom. The van der Waals surface area contributed by atoms with Crippen LogP contribution < -0.4 is 16.2 Å². The number of rotatable bonds is 6. The average Bonchev–Trinajstić information content (AvgIpc) is 2.57. The molecule has 0 fully saturated rings. The molecule has 8 heteroatoms. The molecule has 3 N–H and O–H groups in total. The van der Waals surface area contributed by atoms with E-state index in [2.05, 4.69) is 16.2 Å². The van der Waals surface area contributed by atoms with Crippen LogP contribution in [0.5, 0.6) is 0 Å². The molecule has 0 radical (unpaired) electrons. The molecule has 1 aromatic carbocycles. The van der Waals surface area contributed by atoms with E-state index < -0.39 is 35.3 Å². The largest absolute Gasteiger partial charge is 0.443 e. The summed E-state index contributed by atoms with van der Waals surface area (Å²) in [4.78, 5) is 47.4. The second kappa shape index (κ2) is 9.55. The number of ketones is 1. The van der Waals surface area contributed by atoms with Gasteiger partial charge in [-0.25, -0.2) is 10.2 Å². The van der Waals surface area contributed by atoms with E-state index in [1.807, 2.05) is 6.07 Å². The lowest BCUT2D eigenvalue weighted by Crippen LogP contribution is -2.54. The molecule has 0 bridgehead atoms. The smallest absolute Gasteiger partial charge is 0.426 e. The van der Waals surface area contributed by atoms with Crippen molar-refractivity contribution in [1.82, 2.24) is 16.2 Å². The van der Waals surface area contributed by atoms with Crippen molar-refractivity contribution >= 4 is 23.7 Å². The standard InChI is InChI=1S/C18H25N3O5/c1-5-14(22)16(24)19-13(11-12-9-7-6-8-10-12)15(23)20-21-17(25)26-18(2,3)4/h6-10,13H,5,11H2,1-4H3,(H,19,24)(H,20,23)(H,21,25)/t13-/m0/s1. The van der Waals surface area contributed by atoms with E-state index in [9.17, 15) is 19.2 Å². The lowest BCUT2D eigenvalue weighted by Gasteiger charge is -2.21. The third-order valence-corrected chi connectivity index (χ3v) is 3.17. The maximum Gasteiger partial charge on any atom is 0.426 e. The van der Waals surface area contributed by atoms with Crippen LogP contribution in [0.25, 0.3) is 0 Å².